The van der Waals surface area contributed by atoms with E-state index in [4.69, 9.17) is 21.1 Å². The lowest BCUT2D eigenvalue weighted by Crippen LogP contribution is -2.41. The third-order valence-corrected chi connectivity index (χ3v) is 7.89. The van der Waals surface area contributed by atoms with Gasteiger partial charge in [0.25, 0.3) is 5.56 Å². The molecule has 0 spiro atoms. The minimum atomic E-state index is -4.98. The molecule has 4 rings (SSSR count). The zero-order chi connectivity index (χ0) is 27.8. The zero-order valence-electron chi connectivity index (χ0n) is 19.7. The third-order valence-electron chi connectivity index (χ3n) is 5.39. The van der Waals surface area contributed by atoms with Crippen LogP contribution in [0.15, 0.2) is 61.9 Å². The van der Waals surface area contributed by atoms with E-state index in [-0.39, 0.29) is 21.5 Å². The van der Waals surface area contributed by atoms with Gasteiger partial charge in [0, 0.05) is 15.1 Å². The smallest absolute Gasteiger partial charge is 0.434 e. The minimum absolute atomic E-state index is 0.115. The van der Waals surface area contributed by atoms with Crippen molar-refractivity contribution in [3.63, 3.8) is 0 Å². The number of hydrogen-bond donors (Lipinski definition) is 0. The number of hydrogen-bond acceptors (Lipinski definition) is 6. The second kappa shape index (κ2) is 11.5. The molecule has 0 fully saturated rings. The van der Waals surface area contributed by atoms with Crippen LogP contribution in [0.3, 0.4) is 0 Å². The van der Waals surface area contributed by atoms with E-state index in [1.165, 1.54) is 31.2 Å². The van der Waals surface area contributed by atoms with Gasteiger partial charge in [-0.15, -0.1) is 0 Å². The predicted octanol–water partition coefficient (Wildman–Crippen LogP) is 5.76. The number of benzene rings is 2. The fourth-order valence-electron chi connectivity index (χ4n) is 3.93. The Morgan fingerprint density at radius 2 is 1.92 bits per heavy atom. The number of ether oxygens (including phenoxy) is 2. The Morgan fingerprint density at radius 1 is 1.24 bits per heavy atom. The van der Waals surface area contributed by atoms with Crippen LogP contribution in [0, 0.1) is 3.57 Å². The van der Waals surface area contributed by atoms with Crippen LogP contribution in [0.1, 0.15) is 31.0 Å². The van der Waals surface area contributed by atoms with Gasteiger partial charge in [0.2, 0.25) is 0 Å². The topological polar surface area (TPSA) is 69.9 Å². The summed E-state index contributed by atoms with van der Waals surface area (Å²) in [7, 11) is 0. The summed E-state index contributed by atoms with van der Waals surface area (Å²) in [6.07, 6.45) is -3.44. The molecule has 2 aromatic carbocycles. The van der Waals surface area contributed by atoms with E-state index in [0.717, 1.165) is 23.9 Å². The van der Waals surface area contributed by atoms with Gasteiger partial charge in [0.05, 0.1) is 32.9 Å². The van der Waals surface area contributed by atoms with Gasteiger partial charge < -0.3 is 9.47 Å². The molecule has 0 unspecified atom stereocenters. The van der Waals surface area contributed by atoms with E-state index in [9.17, 15) is 22.8 Å². The molecular weight excluding hydrogens is 724 g/mol. The highest BCUT2D eigenvalue weighted by Crippen LogP contribution is 2.38. The van der Waals surface area contributed by atoms with Gasteiger partial charge in [-0.05, 0) is 72.3 Å². The van der Waals surface area contributed by atoms with Gasteiger partial charge in [-0.25, -0.2) is 9.79 Å². The first-order valence-electron chi connectivity index (χ1n) is 11.1. The molecule has 13 heteroatoms. The molecule has 1 aromatic heterocycles. The molecule has 1 atom stereocenters. The van der Waals surface area contributed by atoms with Gasteiger partial charge >= 0.3 is 12.1 Å². The minimum Gasteiger partial charge on any atom is -0.492 e. The second-order valence-corrected chi connectivity index (χ2v) is 11.4. The van der Waals surface area contributed by atoms with Gasteiger partial charge in [0.15, 0.2) is 10.5 Å². The Hall–Kier alpha value is -2.16. The van der Waals surface area contributed by atoms with Crippen molar-refractivity contribution in [1.29, 1.82) is 0 Å². The SMILES string of the molecule is CCOC(=O)C1=C(C(F)(F)F)N=c2s/c(=C\c3cc(Br)cc(I)c3OCC)c(=O)n2[C@@H]1c1ccc(Cl)cc1. The summed E-state index contributed by atoms with van der Waals surface area (Å²) in [5, 5.41) is 0.339. The fourth-order valence-corrected chi connectivity index (χ4v) is 6.75. The van der Waals surface area contributed by atoms with Crippen molar-refractivity contribution in [2.45, 2.75) is 26.1 Å². The van der Waals surface area contributed by atoms with Crippen molar-refractivity contribution >= 4 is 73.5 Å². The molecular formula is C25H18BrClF3IN2O4S. The maximum absolute atomic E-state index is 14.2. The summed E-state index contributed by atoms with van der Waals surface area (Å²) in [6.45, 7) is 3.51. The number of esters is 1. The largest absolute Gasteiger partial charge is 0.492 e. The molecule has 0 bridgehead atoms. The van der Waals surface area contributed by atoms with Crippen LogP contribution < -0.4 is 19.6 Å². The highest BCUT2D eigenvalue weighted by atomic mass is 127. The van der Waals surface area contributed by atoms with Gasteiger partial charge in [-0.3, -0.25) is 9.36 Å². The molecule has 0 radical (unpaired) electrons. The van der Waals surface area contributed by atoms with Crippen LogP contribution in [0.25, 0.3) is 6.08 Å². The van der Waals surface area contributed by atoms with Crippen LogP contribution in [-0.2, 0) is 9.53 Å². The van der Waals surface area contributed by atoms with Crippen LogP contribution in [0.2, 0.25) is 5.02 Å². The quantitative estimate of drug-likeness (QED) is 0.238. The van der Waals surface area contributed by atoms with Crippen molar-refractivity contribution in [2.24, 2.45) is 4.99 Å². The molecule has 1 aliphatic rings. The number of fused-ring (bicyclic) bond motifs is 1. The molecule has 0 N–H and O–H groups in total. The van der Waals surface area contributed by atoms with E-state index >= 15 is 0 Å². The molecule has 1 aliphatic heterocycles. The van der Waals surface area contributed by atoms with E-state index in [1.807, 2.05) is 13.0 Å². The molecule has 0 saturated heterocycles. The monoisotopic (exact) mass is 740 g/mol. The number of carbonyl (C=O) groups is 1. The summed E-state index contributed by atoms with van der Waals surface area (Å²) in [5.41, 5.74) is -1.99. The van der Waals surface area contributed by atoms with Gasteiger partial charge in [-0.1, -0.05) is 51.0 Å². The second-order valence-electron chi connectivity index (χ2n) is 7.85. The highest BCUT2D eigenvalue weighted by molar-refractivity contribution is 14.1. The Morgan fingerprint density at radius 3 is 2.53 bits per heavy atom. The lowest BCUT2D eigenvalue weighted by molar-refractivity contribution is -0.140. The predicted molar refractivity (Wildman–Crippen MR) is 150 cm³/mol. The van der Waals surface area contributed by atoms with Gasteiger partial charge in [0.1, 0.15) is 5.75 Å². The first kappa shape index (κ1) is 28.8. The third kappa shape index (κ3) is 5.73. The summed E-state index contributed by atoms with van der Waals surface area (Å²) >= 11 is 12.3. The average molecular weight is 742 g/mol. The number of aromatic nitrogens is 1. The van der Waals surface area contributed by atoms with Crippen molar-refractivity contribution in [1.82, 2.24) is 4.57 Å². The lowest BCUT2D eigenvalue weighted by Gasteiger charge is -2.26. The highest BCUT2D eigenvalue weighted by Gasteiger charge is 2.45. The Bertz CT molecular complexity index is 1620. The number of alkyl halides is 3. The molecule has 38 heavy (non-hydrogen) atoms. The normalized spacial score (nSPS) is 15.8. The van der Waals surface area contributed by atoms with Crippen LogP contribution in [-0.4, -0.2) is 29.9 Å². The zero-order valence-corrected chi connectivity index (χ0v) is 25.1. The molecule has 3 aromatic rings. The van der Waals surface area contributed by atoms with Crippen molar-refractivity contribution in [3.05, 3.63) is 91.5 Å². The number of rotatable bonds is 6. The molecule has 2 heterocycles. The first-order chi connectivity index (χ1) is 18.0. The van der Waals surface area contributed by atoms with Crippen molar-refractivity contribution in [3.8, 4) is 5.75 Å². The standard InChI is InChI=1S/C25H18BrClF3IN2O4S/c1-3-36-20-13(9-14(26)11-16(20)31)10-17-22(34)33-19(12-5-7-15(27)8-6-12)18(23(35)37-4-2)21(25(28,29)30)32-24(33)38-17/h5-11,19H,3-4H2,1-2H3/b17-10-/t19-/m1/s1. The number of allylic oxidation sites excluding steroid dienone is 1. The first-order valence-corrected chi connectivity index (χ1v) is 14.2. The Labute approximate surface area is 245 Å². The molecule has 0 amide bonds. The number of thiazole rings is 1. The number of carbonyl (C=O) groups excluding carboxylic acids is 1. The van der Waals surface area contributed by atoms with E-state index in [2.05, 4.69) is 43.5 Å². The van der Waals surface area contributed by atoms with E-state index in [1.54, 1.807) is 12.1 Å². The van der Waals surface area contributed by atoms with E-state index < -0.39 is 35.0 Å². The van der Waals surface area contributed by atoms with Crippen LogP contribution in [0.4, 0.5) is 13.2 Å². The van der Waals surface area contributed by atoms with Crippen LogP contribution >= 0.6 is 61.5 Å². The molecule has 0 saturated carbocycles. The number of nitrogens with zero attached hydrogens (tertiary/aromatic N) is 2. The van der Waals surface area contributed by atoms with Crippen LogP contribution in [0.5, 0.6) is 5.75 Å². The maximum Gasteiger partial charge on any atom is 0.434 e. The van der Waals surface area contributed by atoms with E-state index in [0.29, 0.717) is 22.9 Å². The summed E-state index contributed by atoms with van der Waals surface area (Å²) in [5.74, 6) is -0.683. The lowest BCUT2D eigenvalue weighted by atomic mass is 9.95. The summed E-state index contributed by atoms with van der Waals surface area (Å²) in [6, 6.07) is 8.02. The Balaban J connectivity index is 2.06. The fraction of sp³-hybridized carbons (Fsp3) is 0.240. The Kier molecular flexibility index (Phi) is 8.75. The maximum atomic E-state index is 14.2. The van der Waals surface area contributed by atoms with Gasteiger partial charge in [-0.2, -0.15) is 13.2 Å². The average Bonchev–Trinajstić information content (AvgIpc) is 3.15. The molecule has 200 valence electrons. The van der Waals surface area contributed by atoms with Crippen molar-refractivity contribution in [2.75, 3.05) is 13.2 Å². The summed E-state index contributed by atoms with van der Waals surface area (Å²) in [4.78, 5) is 30.2. The van der Waals surface area contributed by atoms with Crippen molar-refractivity contribution < 1.29 is 27.4 Å². The summed E-state index contributed by atoms with van der Waals surface area (Å²) < 4.78 is 56.1. The number of halogens is 6. The molecule has 0 aliphatic carbocycles. The molecule has 6 nitrogen and oxygen atoms in total.